The molecule has 2 amide bonds. The summed E-state index contributed by atoms with van der Waals surface area (Å²) in [7, 11) is 0. The number of nitrogens with one attached hydrogen (secondary N) is 2. The second-order valence-electron chi connectivity index (χ2n) is 5.37. The average Bonchev–Trinajstić information content (AvgIpc) is 3.22. The summed E-state index contributed by atoms with van der Waals surface area (Å²) in [5.41, 5.74) is 1.42. The molecular weight excluding hydrogens is 343 g/mol. The van der Waals surface area contributed by atoms with Crippen molar-refractivity contribution in [2.24, 2.45) is 0 Å². The van der Waals surface area contributed by atoms with E-state index in [0.717, 1.165) is 5.56 Å². The Morgan fingerprint density at radius 1 is 1.16 bits per heavy atom. The van der Waals surface area contributed by atoms with E-state index in [2.05, 4.69) is 10.6 Å². The SMILES string of the molecule is Cc1cc(NC(=O)c2ccco2)sc1C(=O)NCc1cccc(F)c1. The zero-order valence-corrected chi connectivity index (χ0v) is 14.2. The minimum absolute atomic E-state index is 0.197. The second kappa shape index (κ2) is 7.31. The third kappa shape index (κ3) is 4.13. The van der Waals surface area contributed by atoms with E-state index in [0.29, 0.717) is 15.4 Å². The lowest BCUT2D eigenvalue weighted by Crippen LogP contribution is -2.22. The van der Waals surface area contributed by atoms with E-state index in [1.165, 1.54) is 29.7 Å². The summed E-state index contributed by atoms with van der Waals surface area (Å²) >= 11 is 1.17. The largest absolute Gasteiger partial charge is 0.459 e. The van der Waals surface area contributed by atoms with Crippen LogP contribution in [0.25, 0.3) is 0 Å². The third-order valence-corrected chi connectivity index (χ3v) is 4.60. The Morgan fingerprint density at radius 2 is 2.00 bits per heavy atom. The molecule has 0 unspecified atom stereocenters. The van der Waals surface area contributed by atoms with Gasteiger partial charge >= 0.3 is 0 Å². The van der Waals surface area contributed by atoms with E-state index >= 15 is 0 Å². The number of amides is 2. The molecule has 0 aliphatic heterocycles. The zero-order valence-electron chi connectivity index (χ0n) is 13.3. The van der Waals surface area contributed by atoms with E-state index in [4.69, 9.17) is 4.42 Å². The van der Waals surface area contributed by atoms with Crippen molar-refractivity contribution in [1.29, 1.82) is 0 Å². The molecule has 25 heavy (non-hydrogen) atoms. The van der Waals surface area contributed by atoms with Gasteiger partial charge in [-0.05, 0) is 48.4 Å². The highest BCUT2D eigenvalue weighted by Gasteiger charge is 2.16. The lowest BCUT2D eigenvalue weighted by atomic mass is 10.2. The molecule has 2 N–H and O–H groups in total. The molecule has 0 atom stereocenters. The summed E-state index contributed by atoms with van der Waals surface area (Å²) in [6.07, 6.45) is 1.42. The van der Waals surface area contributed by atoms with E-state index in [1.54, 1.807) is 37.3 Å². The number of anilines is 1. The molecular formula is C18H15FN2O3S. The van der Waals surface area contributed by atoms with E-state index in [1.807, 2.05) is 0 Å². The molecule has 0 aliphatic rings. The van der Waals surface area contributed by atoms with Crippen LogP contribution in [0, 0.1) is 12.7 Å². The summed E-state index contributed by atoms with van der Waals surface area (Å²) < 4.78 is 18.2. The van der Waals surface area contributed by atoms with Crippen LogP contribution in [0.4, 0.5) is 9.39 Å². The van der Waals surface area contributed by atoms with Crippen LogP contribution in [-0.4, -0.2) is 11.8 Å². The molecule has 0 spiro atoms. The van der Waals surface area contributed by atoms with Crippen molar-refractivity contribution in [2.75, 3.05) is 5.32 Å². The predicted molar refractivity (Wildman–Crippen MR) is 93.3 cm³/mol. The van der Waals surface area contributed by atoms with Gasteiger partial charge in [-0.15, -0.1) is 11.3 Å². The van der Waals surface area contributed by atoms with Crippen LogP contribution in [0.1, 0.15) is 31.4 Å². The molecule has 3 rings (SSSR count). The van der Waals surface area contributed by atoms with E-state index in [9.17, 15) is 14.0 Å². The lowest BCUT2D eigenvalue weighted by molar-refractivity contribution is 0.0953. The molecule has 0 saturated carbocycles. The Morgan fingerprint density at radius 3 is 2.72 bits per heavy atom. The quantitative estimate of drug-likeness (QED) is 0.725. The summed E-state index contributed by atoms with van der Waals surface area (Å²) in [6, 6.07) is 11.0. The van der Waals surface area contributed by atoms with Crippen molar-refractivity contribution < 1.29 is 18.4 Å². The van der Waals surface area contributed by atoms with Gasteiger partial charge in [-0.3, -0.25) is 9.59 Å². The van der Waals surface area contributed by atoms with Gasteiger partial charge in [-0.2, -0.15) is 0 Å². The van der Waals surface area contributed by atoms with E-state index < -0.39 is 0 Å². The van der Waals surface area contributed by atoms with Gasteiger partial charge in [0, 0.05) is 6.54 Å². The highest BCUT2D eigenvalue weighted by atomic mass is 32.1. The first-order chi connectivity index (χ1) is 12.0. The maximum Gasteiger partial charge on any atom is 0.291 e. The molecule has 2 heterocycles. The van der Waals surface area contributed by atoms with Gasteiger partial charge in [0.2, 0.25) is 0 Å². The number of thiophene rings is 1. The topological polar surface area (TPSA) is 71.3 Å². The van der Waals surface area contributed by atoms with Gasteiger partial charge in [0.25, 0.3) is 11.8 Å². The molecule has 128 valence electrons. The first-order valence-electron chi connectivity index (χ1n) is 7.51. The molecule has 5 nitrogen and oxygen atoms in total. The summed E-state index contributed by atoms with van der Waals surface area (Å²) in [4.78, 5) is 24.8. The van der Waals surface area contributed by atoms with Crippen LogP contribution in [0.2, 0.25) is 0 Å². The fourth-order valence-electron chi connectivity index (χ4n) is 2.26. The first kappa shape index (κ1) is 16.9. The second-order valence-corrected chi connectivity index (χ2v) is 6.42. The molecule has 7 heteroatoms. The minimum Gasteiger partial charge on any atom is -0.459 e. The monoisotopic (exact) mass is 358 g/mol. The Balaban J connectivity index is 1.65. The molecule has 1 aromatic carbocycles. The van der Waals surface area contributed by atoms with Gasteiger partial charge in [-0.1, -0.05) is 12.1 Å². The van der Waals surface area contributed by atoms with Gasteiger partial charge < -0.3 is 15.1 Å². The lowest BCUT2D eigenvalue weighted by Gasteiger charge is -2.04. The van der Waals surface area contributed by atoms with Crippen LogP contribution < -0.4 is 10.6 Å². The number of carbonyl (C=O) groups is 2. The highest BCUT2D eigenvalue weighted by Crippen LogP contribution is 2.27. The van der Waals surface area contributed by atoms with Crippen molar-refractivity contribution in [3.05, 3.63) is 76.3 Å². The molecule has 3 aromatic rings. The fourth-order valence-corrected chi connectivity index (χ4v) is 3.24. The molecule has 0 radical (unpaired) electrons. The molecule has 0 saturated heterocycles. The predicted octanol–water partition coefficient (Wildman–Crippen LogP) is 3.97. The van der Waals surface area contributed by atoms with E-state index in [-0.39, 0.29) is 29.9 Å². The van der Waals surface area contributed by atoms with Crippen LogP contribution in [-0.2, 0) is 6.54 Å². The van der Waals surface area contributed by atoms with Crippen molar-refractivity contribution >= 4 is 28.2 Å². The number of carbonyl (C=O) groups excluding carboxylic acids is 2. The molecule has 2 aromatic heterocycles. The number of benzene rings is 1. The standard InChI is InChI=1S/C18H15FN2O3S/c1-11-8-15(21-17(22)14-6-3-7-24-14)25-16(11)18(23)20-10-12-4-2-5-13(19)9-12/h2-9H,10H2,1H3,(H,20,23)(H,21,22). The van der Waals surface area contributed by atoms with Crippen molar-refractivity contribution in [2.45, 2.75) is 13.5 Å². The maximum atomic E-state index is 13.2. The van der Waals surface area contributed by atoms with Gasteiger partial charge in [0.15, 0.2) is 5.76 Å². The Hall–Kier alpha value is -2.93. The summed E-state index contributed by atoms with van der Waals surface area (Å²) in [5.74, 6) is -0.798. The van der Waals surface area contributed by atoms with Crippen molar-refractivity contribution in [3.63, 3.8) is 0 Å². The third-order valence-electron chi connectivity index (χ3n) is 3.45. The molecule has 0 fully saturated rings. The minimum atomic E-state index is -0.377. The van der Waals surface area contributed by atoms with Crippen LogP contribution in [0.15, 0.2) is 53.1 Å². The first-order valence-corrected chi connectivity index (χ1v) is 8.32. The number of halogens is 1. The van der Waals surface area contributed by atoms with Crippen LogP contribution >= 0.6 is 11.3 Å². The molecule has 0 bridgehead atoms. The Bertz CT molecular complexity index is 903. The Kier molecular flexibility index (Phi) is 4.95. The number of hydrogen-bond acceptors (Lipinski definition) is 4. The highest BCUT2D eigenvalue weighted by molar-refractivity contribution is 7.18. The van der Waals surface area contributed by atoms with Crippen molar-refractivity contribution in [3.8, 4) is 0 Å². The summed E-state index contributed by atoms with van der Waals surface area (Å²) in [5, 5.41) is 6.00. The van der Waals surface area contributed by atoms with Gasteiger partial charge in [-0.25, -0.2) is 4.39 Å². The number of aryl methyl sites for hydroxylation is 1. The van der Waals surface area contributed by atoms with Gasteiger partial charge in [0.05, 0.1) is 16.1 Å². The summed E-state index contributed by atoms with van der Waals surface area (Å²) in [6.45, 7) is 2.01. The van der Waals surface area contributed by atoms with Crippen LogP contribution in [0.5, 0.6) is 0 Å². The number of hydrogen-bond donors (Lipinski definition) is 2. The average molecular weight is 358 g/mol. The zero-order chi connectivity index (χ0) is 17.8. The smallest absolute Gasteiger partial charge is 0.291 e. The van der Waals surface area contributed by atoms with Crippen LogP contribution in [0.3, 0.4) is 0 Å². The number of rotatable bonds is 5. The Labute approximate surface area is 147 Å². The van der Waals surface area contributed by atoms with Crippen molar-refractivity contribution in [1.82, 2.24) is 5.32 Å². The normalized spacial score (nSPS) is 10.5. The number of furan rings is 1. The molecule has 0 aliphatic carbocycles. The maximum absolute atomic E-state index is 13.2. The van der Waals surface area contributed by atoms with Gasteiger partial charge in [0.1, 0.15) is 5.82 Å². The fraction of sp³-hybridized carbons (Fsp3) is 0.111.